The number of ether oxygens (including phenoxy) is 2. The van der Waals surface area contributed by atoms with Gasteiger partial charge in [-0.3, -0.25) is 0 Å². The van der Waals surface area contributed by atoms with Crippen LogP contribution in [0.1, 0.15) is 51.0 Å². The van der Waals surface area contributed by atoms with Crippen molar-refractivity contribution in [3.63, 3.8) is 0 Å². The monoisotopic (exact) mass is 374 g/mol. The van der Waals surface area contributed by atoms with Crippen LogP contribution >= 0.6 is 0 Å². The lowest BCUT2D eigenvalue weighted by atomic mass is 9.90. The molecule has 1 aromatic carbocycles. The van der Waals surface area contributed by atoms with Gasteiger partial charge >= 0.3 is 6.03 Å². The molecule has 0 radical (unpaired) electrons. The summed E-state index contributed by atoms with van der Waals surface area (Å²) >= 11 is 0. The van der Waals surface area contributed by atoms with E-state index in [0.717, 1.165) is 64.7 Å². The van der Waals surface area contributed by atoms with Crippen molar-refractivity contribution in [1.29, 1.82) is 0 Å². The molecule has 1 atom stereocenters. The predicted molar refractivity (Wildman–Crippen MR) is 107 cm³/mol. The van der Waals surface area contributed by atoms with Crippen LogP contribution in [0.5, 0.6) is 0 Å². The van der Waals surface area contributed by atoms with E-state index in [9.17, 15) is 4.79 Å². The van der Waals surface area contributed by atoms with Gasteiger partial charge in [0.05, 0.1) is 12.2 Å². The van der Waals surface area contributed by atoms with E-state index in [4.69, 9.17) is 9.47 Å². The van der Waals surface area contributed by atoms with Gasteiger partial charge in [0.2, 0.25) is 0 Å². The molecule has 5 nitrogen and oxygen atoms in total. The van der Waals surface area contributed by atoms with Crippen LogP contribution in [-0.4, -0.2) is 55.5 Å². The van der Waals surface area contributed by atoms with Gasteiger partial charge in [0.1, 0.15) is 0 Å². The molecular weight excluding hydrogens is 340 g/mol. The van der Waals surface area contributed by atoms with E-state index >= 15 is 0 Å². The second kappa shape index (κ2) is 10.1. The maximum absolute atomic E-state index is 12.9. The summed E-state index contributed by atoms with van der Waals surface area (Å²) in [6.07, 6.45) is 6.87. The summed E-state index contributed by atoms with van der Waals surface area (Å²) in [5.41, 5.74) is 1.25. The molecule has 3 rings (SSSR count). The quantitative estimate of drug-likeness (QED) is 0.825. The Morgan fingerprint density at radius 2 is 1.89 bits per heavy atom. The number of hydrogen-bond donors (Lipinski definition) is 1. The normalized spacial score (nSPS) is 20.9. The number of urea groups is 1. The lowest BCUT2D eigenvalue weighted by molar-refractivity contribution is -0.105. The van der Waals surface area contributed by atoms with E-state index in [2.05, 4.69) is 36.5 Å². The molecule has 0 saturated carbocycles. The summed E-state index contributed by atoms with van der Waals surface area (Å²) < 4.78 is 11.7. The van der Waals surface area contributed by atoms with Gasteiger partial charge in [0, 0.05) is 32.3 Å². The molecule has 1 spiro atoms. The first-order valence-electron chi connectivity index (χ1n) is 10.5. The molecule has 2 aliphatic heterocycles. The molecular formula is C22H34N2O3. The van der Waals surface area contributed by atoms with Crippen molar-refractivity contribution in [3.05, 3.63) is 35.9 Å². The van der Waals surface area contributed by atoms with E-state index < -0.39 is 0 Å². The first-order chi connectivity index (χ1) is 13.2. The molecule has 0 aromatic heterocycles. The number of hydrogen-bond acceptors (Lipinski definition) is 3. The maximum atomic E-state index is 12.9. The van der Waals surface area contributed by atoms with Gasteiger partial charge in [-0.05, 0) is 44.1 Å². The minimum atomic E-state index is -0.0800. The topological polar surface area (TPSA) is 50.8 Å². The van der Waals surface area contributed by atoms with Gasteiger partial charge in [-0.1, -0.05) is 43.7 Å². The summed E-state index contributed by atoms with van der Waals surface area (Å²) in [5, 5.41) is 3.28. The third kappa shape index (κ3) is 5.94. The number of rotatable bonds is 6. The predicted octanol–water partition coefficient (Wildman–Crippen LogP) is 3.77. The third-order valence-corrected chi connectivity index (χ3v) is 5.89. The van der Waals surface area contributed by atoms with Gasteiger partial charge in [0.25, 0.3) is 0 Å². The molecule has 150 valence electrons. The van der Waals surface area contributed by atoms with Gasteiger partial charge in [-0.2, -0.15) is 0 Å². The Hall–Kier alpha value is -1.59. The Labute approximate surface area is 163 Å². The van der Waals surface area contributed by atoms with E-state index in [-0.39, 0.29) is 17.7 Å². The Kier molecular flexibility index (Phi) is 7.53. The van der Waals surface area contributed by atoms with Gasteiger partial charge in [0.15, 0.2) is 0 Å². The number of amides is 2. The van der Waals surface area contributed by atoms with Crippen LogP contribution in [0.3, 0.4) is 0 Å². The number of nitrogens with zero attached hydrogens (tertiary/aromatic N) is 1. The minimum absolute atomic E-state index is 0.0641. The van der Waals surface area contributed by atoms with Crippen molar-refractivity contribution >= 4 is 6.03 Å². The van der Waals surface area contributed by atoms with Gasteiger partial charge < -0.3 is 19.7 Å². The fourth-order valence-electron chi connectivity index (χ4n) is 4.12. The number of carbonyl (C=O) groups is 1. The average molecular weight is 375 g/mol. The molecule has 5 heteroatoms. The van der Waals surface area contributed by atoms with E-state index in [1.165, 1.54) is 5.56 Å². The molecule has 1 aromatic rings. The fourth-order valence-corrected chi connectivity index (χ4v) is 4.12. The summed E-state index contributed by atoms with van der Waals surface area (Å²) in [6.45, 7) is 5.77. The number of carbonyl (C=O) groups excluding carboxylic acids is 1. The first-order valence-corrected chi connectivity index (χ1v) is 10.5. The van der Waals surface area contributed by atoms with Crippen LogP contribution in [-0.2, 0) is 15.9 Å². The lowest BCUT2D eigenvalue weighted by Crippen LogP contribution is -2.46. The second-order valence-corrected chi connectivity index (χ2v) is 7.84. The highest BCUT2D eigenvalue weighted by molar-refractivity contribution is 5.74. The highest BCUT2D eigenvalue weighted by atomic mass is 16.5. The summed E-state index contributed by atoms with van der Waals surface area (Å²) in [4.78, 5) is 14.8. The van der Waals surface area contributed by atoms with Crippen LogP contribution in [0, 0.1) is 0 Å². The average Bonchev–Trinajstić information content (AvgIpc) is 2.90. The van der Waals surface area contributed by atoms with Crippen molar-refractivity contribution in [3.8, 4) is 0 Å². The Balaban J connectivity index is 1.50. The highest BCUT2D eigenvalue weighted by Gasteiger charge is 2.36. The maximum Gasteiger partial charge on any atom is 0.317 e. The molecule has 2 saturated heterocycles. The molecule has 0 aliphatic carbocycles. The number of nitrogens with one attached hydrogen (secondary N) is 1. The Morgan fingerprint density at radius 1 is 1.11 bits per heavy atom. The Morgan fingerprint density at radius 3 is 2.63 bits per heavy atom. The van der Waals surface area contributed by atoms with Crippen LogP contribution in [0.25, 0.3) is 0 Å². The van der Waals surface area contributed by atoms with Crippen molar-refractivity contribution in [2.24, 2.45) is 0 Å². The van der Waals surface area contributed by atoms with E-state index in [1.807, 2.05) is 11.0 Å². The zero-order valence-corrected chi connectivity index (χ0v) is 16.6. The standard InChI is InChI=1S/C22H34N2O3/c1-2-6-20(10-9-19-7-4-3-5-8-19)23-21(25)24-14-11-22(27-18-15-24)12-16-26-17-13-22/h3-5,7-8,20H,2,6,9-18H2,1H3,(H,23,25). The van der Waals surface area contributed by atoms with Gasteiger partial charge in [-0.25, -0.2) is 4.79 Å². The van der Waals surface area contributed by atoms with Crippen molar-refractivity contribution in [2.45, 2.75) is 63.5 Å². The first kappa shape index (κ1) is 20.2. The highest BCUT2D eigenvalue weighted by Crippen LogP contribution is 2.30. The van der Waals surface area contributed by atoms with E-state index in [1.54, 1.807) is 0 Å². The minimum Gasteiger partial charge on any atom is -0.381 e. The molecule has 2 fully saturated rings. The SMILES string of the molecule is CCCC(CCc1ccccc1)NC(=O)N1CCOC2(CCOCC2)CC1. The molecule has 0 bridgehead atoms. The molecule has 1 unspecified atom stereocenters. The summed E-state index contributed by atoms with van der Waals surface area (Å²) in [5.74, 6) is 0. The molecule has 1 N–H and O–H groups in total. The lowest BCUT2D eigenvalue weighted by Gasteiger charge is -2.35. The second-order valence-electron chi connectivity index (χ2n) is 7.84. The van der Waals surface area contributed by atoms with Crippen LogP contribution < -0.4 is 5.32 Å². The summed E-state index contributed by atoms with van der Waals surface area (Å²) in [6, 6.07) is 10.8. The summed E-state index contributed by atoms with van der Waals surface area (Å²) in [7, 11) is 0. The molecule has 2 heterocycles. The largest absolute Gasteiger partial charge is 0.381 e. The van der Waals surface area contributed by atoms with Crippen LogP contribution in [0.15, 0.2) is 30.3 Å². The van der Waals surface area contributed by atoms with Gasteiger partial charge in [-0.15, -0.1) is 0 Å². The molecule has 27 heavy (non-hydrogen) atoms. The number of benzene rings is 1. The Bertz CT molecular complexity index is 572. The van der Waals surface area contributed by atoms with Crippen molar-refractivity contribution in [2.75, 3.05) is 32.9 Å². The number of aryl methyl sites for hydroxylation is 1. The van der Waals surface area contributed by atoms with E-state index in [0.29, 0.717) is 13.2 Å². The fraction of sp³-hybridized carbons (Fsp3) is 0.682. The van der Waals surface area contributed by atoms with Crippen molar-refractivity contribution < 1.29 is 14.3 Å². The third-order valence-electron chi connectivity index (χ3n) is 5.89. The zero-order chi connectivity index (χ0) is 19.0. The van der Waals surface area contributed by atoms with Crippen LogP contribution in [0.2, 0.25) is 0 Å². The molecule has 2 aliphatic rings. The molecule has 2 amide bonds. The van der Waals surface area contributed by atoms with Crippen LogP contribution in [0.4, 0.5) is 4.79 Å². The smallest absolute Gasteiger partial charge is 0.317 e. The van der Waals surface area contributed by atoms with Crippen molar-refractivity contribution in [1.82, 2.24) is 10.2 Å². The zero-order valence-electron chi connectivity index (χ0n) is 16.6.